The molecule has 1 saturated heterocycles. The molecular weight excluding hydrogens is 448 g/mol. The second kappa shape index (κ2) is 8.83. The van der Waals surface area contributed by atoms with Crippen LogP contribution in [0.5, 0.6) is 0 Å². The van der Waals surface area contributed by atoms with Crippen molar-refractivity contribution in [3.8, 4) is 0 Å². The van der Waals surface area contributed by atoms with Gasteiger partial charge in [-0.25, -0.2) is 9.59 Å². The molecule has 0 aromatic heterocycles. The molecule has 1 amide bonds. The molecule has 1 aliphatic carbocycles. The highest BCUT2D eigenvalue weighted by atomic mass is 16.6. The third-order valence-corrected chi connectivity index (χ3v) is 6.79. The van der Waals surface area contributed by atoms with Crippen molar-refractivity contribution in [3.63, 3.8) is 0 Å². The molecule has 2 aliphatic rings. The monoisotopic (exact) mass is 478 g/mol. The van der Waals surface area contributed by atoms with Crippen LogP contribution < -0.4 is 10.2 Å². The summed E-state index contributed by atoms with van der Waals surface area (Å²) in [5, 5.41) is 12.5. The Hall–Kier alpha value is -3.68. The summed E-state index contributed by atoms with van der Waals surface area (Å²) in [6.07, 6.45) is 0.173. The van der Waals surface area contributed by atoms with Gasteiger partial charge in [0.05, 0.1) is 5.56 Å². The molecule has 1 aliphatic heterocycles. The number of piperidine rings is 1. The molecule has 2 N–H and O–H groups in total. The largest absolute Gasteiger partial charge is 0.480 e. The minimum atomic E-state index is -1.50. The van der Waals surface area contributed by atoms with E-state index in [0.29, 0.717) is 53.9 Å². The Kier molecular flexibility index (Phi) is 6.17. The Morgan fingerprint density at radius 3 is 2.06 bits per heavy atom. The van der Waals surface area contributed by atoms with Crippen molar-refractivity contribution in [2.45, 2.75) is 51.7 Å². The summed E-state index contributed by atoms with van der Waals surface area (Å²) < 4.78 is 5.28. The Bertz CT molecular complexity index is 1210. The maximum atomic E-state index is 13.3. The average molecular weight is 479 g/mol. The van der Waals surface area contributed by atoms with Crippen molar-refractivity contribution in [1.82, 2.24) is 5.32 Å². The maximum Gasteiger partial charge on any atom is 0.408 e. The maximum absolute atomic E-state index is 13.3. The van der Waals surface area contributed by atoms with E-state index in [4.69, 9.17) is 4.74 Å². The number of anilines is 1. The van der Waals surface area contributed by atoms with Crippen LogP contribution in [0.4, 0.5) is 10.5 Å². The van der Waals surface area contributed by atoms with Crippen molar-refractivity contribution in [2.24, 2.45) is 5.92 Å². The fourth-order valence-corrected chi connectivity index (χ4v) is 4.93. The summed E-state index contributed by atoms with van der Waals surface area (Å²) in [6, 6.07) is 12.1. The number of fused-ring (bicyclic) bond motifs is 2. The van der Waals surface area contributed by atoms with Gasteiger partial charge in [-0.2, -0.15) is 0 Å². The first-order chi connectivity index (χ1) is 16.4. The number of hydrogen-bond donors (Lipinski definition) is 2. The van der Waals surface area contributed by atoms with Crippen LogP contribution in [0.3, 0.4) is 0 Å². The number of carbonyl (C=O) groups is 4. The number of rotatable bonds is 4. The van der Waals surface area contributed by atoms with E-state index in [-0.39, 0.29) is 17.5 Å². The van der Waals surface area contributed by atoms with Crippen molar-refractivity contribution in [3.05, 3.63) is 64.7 Å². The predicted molar refractivity (Wildman–Crippen MR) is 130 cm³/mol. The Morgan fingerprint density at radius 2 is 1.49 bits per heavy atom. The number of benzene rings is 2. The lowest BCUT2D eigenvalue weighted by atomic mass is 9.78. The van der Waals surface area contributed by atoms with Gasteiger partial charge in [-0.15, -0.1) is 0 Å². The molecule has 1 atom stereocenters. The van der Waals surface area contributed by atoms with Crippen LogP contribution >= 0.6 is 0 Å². The first kappa shape index (κ1) is 24.4. The molecular formula is C27H30N2O6. The lowest BCUT2D eigenvalue weighted by Crippen LogP contribution is -2.60. The highest BCUT2D eigenvalue weighted by Crippen LogP contribution is 2.37. The van der Waals surface area contributed by atoms with E-state index < -0.39 is 23.2 Å². The van der Waals surface area contributed by atoms with E-state index in [0.717, 1.165) is 0 Å². The topological polar surface area (TPSA) is 113 Å². The van der Waals surface area contributed by atoms with Crippen LogP contribution in [-0.4, -0.2) is 53.0 Å². The number of carbonyl (C=O) groups excluding carboxylic acids is 3. The Morgan fingerprint density at radius 1 is 0.914 bits per heavy atom. The van der Waals surface area contributed by atoms with Gasteiger partial charge in [-0.1, -0.05) is 36.4 Å². The zero-order valence-corrected chi connectivity index (χ0v) is 20.4. The molecule has 2 aromatic rings. The molecule has 0 spiro atoms. The quantitative estimate of drug-likeness (QED) is 0.582. The van der Waals surface area contributed by atoms with Gasteiger partial charge in [-0.3, -0.25) is 9.59 Å². The smallest absolute Gasteiger partial charge is 0.408 e. The SMILES string of the molecule is CC(C)(C)OC(=O)N[C@](C)(C(=O)O)C1CCN(c2cccc3c2C(=O)c2ccccc2C3=O)CC1. The van der Waals surface area contributed by atoms with Gasteiger partial charge in [0.2, 0.25) is 0 Å². The molecule has 1 fully saturated rings. The zero-order valence-electron chi connectivity index (χ0n) is 20.4. The van der Waals surface area contributed by atoms with Gasteiger partial charge in [0.15, 0.2) is 11.6 Å². The molecule has 0 unspecified atom stereocenters. The summed E-state index contributed by atoms with van der Waals surface area (Å²) in [7, 11) is 0. The number of nitrogens with one attached hydrogen (secondary N) is 1. The molecule has 1 heterocycles. The number of nitrogens with zero attached hydrogens (tertiary/aromatic N) is 1. The van der Waals surface area contributed by atoms with Crippen LogP contribution in [0.2, 0.25) is 0 Å². The fraction of sp³-hybridized carbons (Fsp3) is 0.407. The van der Waals surface area contributed by atoms with Crippen molar-refractivity contribution < 1.29 is 29.0 Å². The third kappa shape index (κ3) is 4.52. The first-order valence-corrected chi connectivity index (χ1v) is 11.7. The first-order valence-electron chi connectivity index (χ1n) is 11.7. The van der Waals surface area contributed by atoms with E-state index in [1.807, 2.05) is 11.0 Å². The molecule has 35 heavy (non-hydrogen) atoms. The standard InChI is InChI=1S/C27H30N2O6/c1-26(2,3)35-25(34)28-27(4,24(32)33)16-12-14-29(15-13-16)20-11-7-10-19-21(20)23(31)18-9-6-5-8-17(18)22(19)30/h5-11,16H,12-15H2,1-4H3,(H,28,34)(H,32,33)/t27-/m0/s1. The summed E-state index contributed by atoms with van der Waals surface area (Å²) in [5.41, 5.74) is -0.000640. The molecule has 8 heteroatoms. The van der Waals surface area contributed by atoms with Gasteiger partial charge in [0, 0.05) is 35.5 Å². The number of ketones is 2. The predicted octanol–water partition coefficient (Wildman–Crippen LogP) is 4.05. The van der Waals surface area contributed by atoms with Crippen LogP contribution in [0.15, 0.2) is 42.5 Å². The van der Waals surface area contributed by atoms with E-state index in [9.17, 15) is 24.3 Å². The summed E-state index contributed by atoms with van der Waals surface area (Å²) in [6.45, 7) is 7.60. The minimum Gasteiger partial charge on any atom is -0.480 e. The highest BCUT2D eigenvalue weighted by molar-refractivity contribution is 6.30. The number of aliphatic carboxylic acids is 1. The number of hydrogen-bond acceptors (Lipinski definition) is 6. The molecule has 0 bridgehead atoms. The van der Waals surface area contributed by atoms with Gasteiger partial charge in [0.1, 0.15) is 11.1 Å². The number of carboxylic acid groups (broad SMARTS) is 1. The van der Waals surface area contributed by atoms with Crippen molar-refractivity contribution in [1.29, 1.82) is 0 Å². The van der Waals surface area contributed by atoms with Gasteiger partial charge in [-0.05, 0) is 52.5 Å². The van der Waals surface area contributed by atoms with Crippen LogP contribution in [0.1, 0.15) is 72.4 Å². The molecule has 0 radical (unpaired) electrons. The second-order valence-electron chi connectivity index (χ2n) is 10.3. The number of ether oxygens (including phenoxy) is 1. The summed E-state index contributed by atoms with van der Waals surface area (Å²) in [4.78, 5) is 53.0. The van der Waals surface area contributed by atoms with E-state index >= 15 is 0 Å². The number of amides is 1. The third-order valence-electron chi connectivity index (χ3n) is 6.79. The van der Waals surface area contributed by atoms with Crippen LogP contribution in [0.25, 0.3) is 0 Å². The van der Waals surface area contributed by atoms with Crippen LogP contribution in [-0.2, 0) is 9.53 Å². The van der Waals surface area contributed by atoms with Crippen molar-refractivity contribution in [2.75, 3.05) is 18.0 Å². The van der Waals surface area contributed by atoms with Gasteiger partial charge < -0.3 is 20.1 Å². The summed E-state index contributed by atoms with van der Waals surface area (Å²) in [5.74, 6) is -1.83. The number of alkyl carbamates (subject to hydrolysis) is 1. The number of carboxylic acids is 1. The average Bonchev–Trinajstić information content (AvgIpc) is 2.80. The molecule has 8 nitrogen and oxygen atoms in total. The molecule has 4 rings (SSSR count). The Labute approximate surface area is 204 Å². The highest BCUT2D eigenvalue weighted by Gasteiger charge is 2.45. The van der Waals surface area contributed by atoms with E-state index in [1.165, 1.54) is 6.92 Å². The minimum absolute atomic E-state index is 0.174. The zero-order chi connectivity index (χ0) is 25.5. The van der Waals surface area contributed by atoms with Gasteiger partial charge >= 0.3 is 12.1 Å². The van der Waals surface area contributed by atoms with Crippen LogP contribution in [0, 0.1) is 5.92 Å². The second-order valence-corrected chi connectivity index (χ2v) is 10.3. The lowest BCUT2D eigenvalue weighted by molar-refractivity contribution is -0.147. The molecule has 0 saturated carbocycles. The fourth-order valence-electron chi connectivity index (χ4n) is 4.93. The molecule has 2 aromatic carbocycles. The Balaban J connectivity index is 1.56. The van der Waals surface area contributed by atoms with Crippen molar-refractivity contribution >= 4 is 29.3 Å². The van der Waals surface area contributed by atoms with E-state index in [1.54, 1.807) is 57.2 Å². The van der Waals surface area contributed by atoms with E-state index in [2.05, 4.69) is 5.32 Å². The molecule has 184 valence electrons. The lowest BCUT2D eigenvalue weighted by Gasteiger charge is -2.42. The van der Waals surface area contributed by atoms with Gasteiger partial charge in [0.25, 0.3) is 0 Å². The normalized spacial score (nSPS) is 17.8. The summed E-state index contributed by atoms with van der Waals surface area (Å²) >= 11 is 0.